The lowest BCUT2D eigenvalue weighted by Gasteiger charge is -2.06. The molecule has 1 heteroatoms. The molecule has 0 radical (unpaired) electrons. The Morgan fingerprint density at radius 1 is 0.737 bits per heavy atom. The van der Waals surface area contributed by atoms with Crippen LogP contribution in [0.3, 0.4) is 0 Å². The predicted molar refractivity (Wildman–Crippen MR) is 92.3 cm³/mol. The Morgan fingerprint density at radius 3 is 2.26 bits per heavy atom. The monoisotopic (exact) mass is 356 g/mol. The quantitative estimate of drug-likeness (QED) is 0.404. The minimum absolute atomic E-state index is 1.24. The lowest BCUT2D eigenvalue weighted by atomic mass is 10.0. The van der Waals surface area contributed by atoms with Crippen LogP contribution in [0.25, 0.3) is 20.4 Å². The molecule has 0 N–H and O–H groups in total. The zero-order chi connectivity index (χ0) is 13.1. The van der Waals surface area contributed by atoms with Crippen LogP contribution in [0, 0.1) is 0 Å². The number of hydrogen-bond donors (Lipinski definition) is 0. The summed E-state index contributed by atoms with van der Waals surface area (Å²) in [6.45, 7) is 0. The number of benzene rings is 3. The van der Waals surface area contributed by atoms with Crippen LogP contribution >= 0.6 is 22.6 Å². The highest BCUT2D eigenvalue weighted by Crippen LogP contribution is 2.30. The Labute approximate surface area is 126 Å². The summed E-state index contributed by atoms with van der Waals surface area (Å²) in [5.41, 5.74) is 2.53. The molecule has 3 aromatic carbocycles. The van der Waals surface area contributed by atoms with E-state index in [0.29, 0.717) is 0 Å². The summed E-state index contributed by atoms with van der Waals surface area (Å²) in [7, 11) is 0. The smallest absolute Gasteiger partial charge is 0.0214 e. The highest BCUT2D eigenvalue weighted by Gasteiger charge is 2.03. The molecule has 0 aliphatic heterocycles. The Balaban J connectivity index is 2.12. The van der Waals surface area contributed by atoms with E-state index in [2.05, 4.69) is 95.4 Å². The van der Waals surface area contributed by atoms with Crippen molar-refractivity contribution in [2.45, 2.75) is 0 Å². The molecule has 0 amide bonds. The lowest BCUT2D eigenvalue weighted by molar-refractivity contribution is 1.66. The Kier molecular flexibility index (Phi) is 3.65. The van der Waals surface area contributed by atoms with E-state index in [1.165, 1.54) is 25.5 Å². The zero-order valence-corrected chi connectivity index (χ0v) is 12.5. The molecule has 0 atom stereocenters. The van der Waals surface area contributed by atoms with Gasteiger partial charge in [-0.05, 0) is 50.6 Å². The van der Waals surface area contributed by atoms with Gasteiger partial charge in [0.15, 0.2) is 0 Å². The maximum absolute atomic E-state index is 2.42. The summed E-state index contributed by atoms with van der Waals surface area (Å²) < 4.78 is 1.26. The minimum atomic E-state index is 1.24. The standard InChI is InChI=1S/C18H13I/c19-18(13-14-7-2-1-3-8-14)17-12-6-10-15-9-4-5-11-16(15)17/h1-13H/b18-13+. The third-order valence-electron chi connectivity index (χ3n) is 3.14. The van der Waals surface area contributed by atoms with Gasteiger partial charge in [-0.1, -0.05) is 72.8 Å². The highest BCUT2D eigenvalue weighted by molar-refractivity contribution is 14.1. The fourth-order valence-corrected chi connectivity index (χ4v) is 3.04. The first-order valence-corrected chi connectivity index (χ1v) is 7.33. The van der Waals surface area contributed by atoms with Gasteiger partial charge >= 0.3 is 0 Å². The average molecular weight is 356 g/mol. The van der Waals surface area contributed by atoms with Gasteiger partial charge in [0.1, 0.15) is 0 Å². The van der Waals surface area contributed by atoms with Crippen molar-refractivity contribution < 1.29 is 0 Å². The van der Waals surface area contributed by atoms with Crippen LogP contribution in [0.5, 0.6) is 0 Å². The molecule has 92 valence electrons. The van der Waals surface area contributed by atoms with Crippen molar-refractivity contribution in [1.82, 2.24) is 0 Å². The molecule has 0 spiro atoms. The predicted octanol–water partition coefficient (Wildman–Crippen LogP) is 5.77. The Hall–Kier alpha value is -1.61. The first-order chi connectivity index (χ1) is 9.34. The van der Waals surface area contributed by atoms with Gasteiger partial charge in [0.25, 0.3) is 0 Å². The minimum Gasteiger partial charge on any atom is -0.0622 e. The highest BCUT2D eigenvalue weighted by atomic mass is 127. The van der Waals surface area contributed by atoms with E-state index in [1.54, 1.807) is 0 Å². The van der Waals surface area contributed by atoms with E-state index in [-0.39, 0.29) is 0 Å². The lowest BCUT2D eigenvalue weighted by Crippen LogP contribution is -1.81. The molecule has 0 aromatic heterocycles. The normalized spacial score (nSPS) is 11.7. The van der Waals surface area contributed by atoms with Crippen molar-refractivity contribution in [3.8, 4) is 0 Å². The molecule has 0 heterocycles. The Bertz CT molecular complexity index is 722. The Morgan fingerprint density at radius 2 is 1.42 bits per heavy atom. The summed E-state index contributed by atoms with van der Waals surface area (Å²) in [4.78, 5) is 0. The SMILES string of the molecule is I/C(=C/c1ccccc1)c1cccc2ccccc12. The molecular weight excluding hydrogens is 343 g/mol. The second-order valence-electron chi connectivity index (χ2n) is 4.43. The van der Waals surface area contributed by atoms with Crippen LogP contribution in [0.4, 0.5) is 0 Å². The van der Waals surface area contributed by atoms with Crippen molar-refractivity contribution >= 4 is 43.0 Å². The molecule has 0 aliphatic rings. The molecule has 0 saturated carbocycles. The van der Waals surface area contributed by atoms with E-state index < -0.39 is 0 Å². The summed E-state index contributed by atoms with van der Waals surface area (Å²) >= 11 is 2.42. The molecule has 0 unspecified atom stereocenters. The third-order valence-corrected chi connectivity index (χ3v) is 4.03. The van der Waals surface area contributed by atoms with E-state index in [9.17, 15) is 0 Å². The maximum atomic E-state index is 2.42. The van der Waals surface area contributed by atoms with E-state index in [1.807, 2.05) is 6.07 Å². The fraction of sp³-hybridized carbons (Fsp3) is 0. The number of fused-ring (bicyclic) bond motifs is 1. The summed E-state index contributed by atoms with van der Waals surface area (Å²) in [5, 5.41) is 2.59. The number of rotatable bonds is 2. The van der Waals surface area contributed by atoms with Gasteiger partial charge in [-0.2, -0.15) is 0 Å². The van der Waals surface area contributed by atoms with Crippen molar-refractivity contribution in [3.05, 3.63) is 83.9 Å². The van der Waals surface area contributed by atoms with Gasteiger partial charge < -0.3 is 0 Å². The van der Waals surface area contributed by atoms with E-state index in [4.69, 9.17) is 0 Å². The number of hydrogen-bond acceptors (Lipinski definition) is 0. The summed E-state index contributed by atoms with van der Waals surface area (Å²) in [6.07, 6.45) is 2.22. The molecule has 19 heavy (non-hydrogen) atoms. The van der Waals surface area contributed by atoms with Crippen LogP contribution in [-0.2, 0) is 0 Å². The van der Waals surface area contributed by atoms with Crippen molar-refractivity contribution in [2.75, 3.05) is 0 Å². The van der Waals surface area contributed by atoms with E-state index in [0.717, 1.165) is 0 Å². The van der Waals surface area contributed by atoms with E-state index >= 15 is 0 Å². The summed E-state index contributed by atoms with van der Waals surface area (Å²) in [5.74, 6) is 0. The van der Waals surface area contributed by atoms with Crippen LogP contribution in [0.1, 0.15) is 11.1 Å². The molecule has 0 nitrogen and oxygen atoms in total. The third kappa shape index (κ3) is 2.71. The second kappa shape index (κ2) is 5.57. The van der Waals surface area contributed by atoms with Gasteiger partial charge in [0.2, 0.25) is 0 Å². The summed E-state index contributed by atoms with van der Waals surface area (Å²) in [6, 6.07) is 25.4. The van der Waals surface area contributed by atoms with Gasteiger partial charge in [-0.3, -0.25) is 0 Å². The molecular formula is C18H13I. The largest absolute Gasteiger partial charge is 0.0622 e. The van der Waals surface area contributed by atoms with Gasteiger partial charge in [0, 0.05) is 3.58 Å². The first kappa shape index (κ1) is 12.4. The molecule has 0 saturated heterocycles. The molecule has 0 aliphatic carbocycles. The van der Waals surface area contributed by atoms with Gasteiger partial charge in [-0.15, -0.1) is 0 Å². The van der Waals surface area contributed by atoms with Crippen molar-refractivity contribution in [3.63, 3.8) is 0 Å². The van der Waals surface area contributed by atoms with Crippen molar-refractivity contribution in [2.24, 2.45) is 0 Å². The van der Waals surface area contributed by atoms with Crippen LogP contribution in [-0.4, -0.2) is 0 Å². The van der Waals surface area contributed by atoms with Crippen LogP contribution in [0.15, 0.2) is 72.8 Å². The zero-order valence-electron chi connectivity index (χ0n) is 10.4. The molecule has 0 fully saturated rings. The first-order valence-electron chi connectivity index (χ1n) is 6.25. The number of halogens is 1. The van der Waals surface area contributed by atoms with Gasteiger partial charge in [-0.25, -0.2) is 0 Å². The molecule has 3 aromatic rings. The average Bonchev–Trinajstić information content (AvgIpc) is 2.47. The fourth-order valence-electron chi connectivity index (χ4n) is 2.21. The second-order valence-corrected chi connectivity index (χ2v) is 5.59. The molecule has 0 bridgehead atoms. The maximum Gasteiger partial charge on any atom is 0.0214 e. The van der Waals surface area contributed by atoms with Crippen molar-refractivity contribution in [1.29, 1.82) is 0 Å². The topological polar surface area (TPSA) is 0 Å². The van der Waals surface area contributed by atoms with Crippen LogP contribution in [0.2, 0.25) is 0 Å². The van der Waals surface area contributed by atoms with Gasteiger partial charge in [0.05, 0.1) is 0 Å². The molecule has 3 rings (SSSR count). The van der Waals surface area contributed by atoms with Crippen LogP contribution < -0.4 is 0 Å².